The summed E-state index contributed by atoms with van der Waals surface area (Å²) in [5.41, 5.74) is 1.98. The van der Waals surface area contributed by atoms with Crippen LogP contribution in [0.3, 0.4) is 0 Å². The zero-order valence-electron chi connectivity index (χ0n) is 15.3. The fourth-order valence-corrected chi connectivity index (χ4v) is 8.67. The Bertz CT molecular complexity index is 792. The molecule has 2 aromatic rings. The maximum Gasteiger partial charge on any atom is 0.240 e. The average molecular weight is 370 g/mol. The molecule has 0 bridgehead atoms. The van der Waals surface area contributed by atoms with E-state index in [0.717, 1.165) is 31.2 Å². The van der Waals surface area contributed by atoms with Crippen LogP contribution < -0.4 is 0 Å². The van der Waals surface area contributed by atoms with Crippen LogP contribution >= 0.6 is 7.37 Å². The summed E-state index contributed by atoms with van der Waals surface area (Å²) in [5.74, 6) is 0.188. The molecule has 4 rings (SSSR count). The molecule has 0 radical (unpaired) electrons. The van der Waals surface area contributed by atoms with Crippen molar-refractivity contribution in [2.45, 2.75) is 49.0 Å². The Morgan fingerprint density at radius 3 is 2.23 bits per heavy atom. The smallest absolute Gasteiger partial charge is 0.240 e. The van der Waals surface area contributed by atoms with Gasteiger partial charge in [0.25, 0.3) is 0 Å². The minimum absolute atomic E-state index is 0.00982. The zero-order chi connectivity index (χ0) is 18.2. The Labute approximate surface area is 155 Å². The molecule has 1 aliphatic carbocycles. The molecule has 2 aliphatic rings. The van der Waals surface area contributed by atoms with Gasteiger partial charge in [-0.1, -0.05) is 67.1 Å². The normalized spacial score (nSPS) is 37.1. The summed E-state index contributed by atoms with van der Waals surface area (Å²) >= 11 is 0. The monoisotopic (exact) mass is 370 g/mol. The summed E-state index contributed by atoms with van der Waals surface area (Å²) in [6, 6.07) is 20.4. The highest BCUT2D eigenvalue weighted by atomic mass is 31.2. The zero-order valence-corrected chi connectivity index (χ0v) is 16.1. The van der Waals surface area contributed by atoms with E-state index in [1.807, 2.05) is 36.4 Å². The Morgan fingerprint density at radius 2 is 1.62 bits per heavy atom. The first-order valence-corrected chi connectivity index (χ1v) is 11.3. The minimum atomic E-state index is -3.27. The second kappa shape index (κ2) is 6.96. The minimum Gasteiger partial charge on any atom is -0.379 e. The van der Waals surface area contributed by atoms with Crippen LogP contribution in [-0.2, 0) is 9.09 Å². The fourth-order valence-electron chi connectivity index (χ4n) is 5.25. The molecule has 2 aromatic carbocycles. The van der Waals surface area contributed by atoms with Crippen LogP contribution in [0.2, 0.25) is 0 Å². The predicted octanol–water partition coefficient (Wildman–Crippen LogP) is 5.72. The van der Waals surface area contributed by atoms with E-state index in [9.17, 15) is 9.67 Å². The maximum atomic E-state index is 14.1. The third kappa shape index (κ3) is 2.69. The topological polar surface area (TPSA) is 46.5 Å². The predicted molar refractivity (Wildman–Crippen MR) is 105 cm³/mol. The lowest BCUT2D eigenvalue weighted by Crippen LogP contribution is -2.48. The van der Waals surface area contributed by atoms with Gasteiger partial charge in [-0.15, -0.1) is 0 Å². The number of fused-ring (bicyclic) bond motifs is 1. The molecule has 3 nitrogen and oxygen atoms in total. The average Bonchev–Trinajstić information content (AvgIpc) is 2.70. The van der Waals surface area contributed by atoms with Gasteiger partial charge in [0.05, 0.1) is 5.66 Å². The summed E-state index contributed by atoms with van der Waals surface area (Å²) < 4.78 is 19.8. The van der Waals surface area contributed by atoms with E-state index in [4.69, 9.17) is 4.52 Å². The van der Waals surface area contributed by atoms with Crippen molar-refractivity contribution in [3.8, 4) is 0 Å². The third-order valence-corrected chi connectivity index (χ3v) is 10.0. The van der Waals surface area contributed by atoms with Crippen molar-refractivity contribution < 1.29 is 14.2 Å². The molecule has 1 saturated carbocycles. The molecule has 1 aliphatic heterocycles. The van der Waals surface area contributed by atoms with Gasteiger partial charge in [-0.05, 0) is 42.7 Å². The largest absolute Gasteiger partial charge is 0.379 e. The Balaban J connectivity index is 1.85. The number of hydrogen-bond acceptors (Lipinski definition) is 3. The molecule has 1 saturated heterocycles. The van der Waals surface area contributed by atoms with Crippen molar-refractivity contribution in [1.29, 1.82) is 0 Å². The first-order chi connectivity index (χ1) is 12.6. The molecule has 0 aromatic heterocycles. The standard InChI is InChI=1S/C22H27O3P/c1-25-26(24)21(18-12-6-3-7-13-18)16-19(17-10-4-2-5-11-17)20-14-8-9-15-22(20,26)23/h2-7,10-13,19-21,23H,8-9,14-16H2,1H3. The van der Waals surface area contributed by atoms with E-state index in [1.165, 1.54) is 12.7 Å². The Hall–Kier alpha value is -1.41. The van der Waals surface area contributed by atoms with Gasteiger partial charge in [0.1, 0.15) is 5.34 Å². The van der Waals surface area contributed by atoms with E-state index < -0.39 is 12.7 Å². The quantitative estimate of drug-likeness (QED) is 0.703. The molecular formula is C22H27O3P. The third-order valence-electron chi connectivity index (χ3n) is 6.50. The highest BCUT2D eigenvalue weighted by Crippen LogP contribution is 2.78. The first-order valence-electron chi connectivity index (χ1n) is 9.58. The fraction of sp³-hybridized carbons (Fsp3) is 0.455. The highest BCUT2D eigenvalue weighted by molar-refractivity contribution is 7.60. The van der Waals surface area contributed by atoms with Crippen molar-refractivity contribution in [1.82, 2.24) is 0 Å². The molecule has 138 valence electrons. The van der Waals surface area contributed by atoms with Crippen LogP contribution in [0.1, 0.15) is 54.8 Å². The van der Waals surface area contributed by atoms with Gasteiger partial charge >= 0.3 is 0 Å². The van der Waals surface area contributed by atoms with E-state index in [-0.39, 0.29) is 17.5 Å². The Kier molecular flexibility index (Phi) is 4.81. The lowest BCUT2D eigenvalue weighted by atomic mass is 9.71. The van der Waals surface area contributed by atoms with E-state index >= 15 is 0 Å². The molecule has 1 N–H and O–H groups in total. The number of aliphatic hydroxyl groups is 1. The second-order valence-corrected chi connectivity index (χ2v) is 10.6. The van der Waals surface area contributed by atoms with Gasteiger partial charge in [0.2, 0.25) is 7.37 Å². The van der Waals surface area contributed by atoms with Crippen LogP contribution in [0.5, 0.6) is 0 Å². The lowest BCUT2D eigenvalue weighted by molar-refractivity contribution is -0.0129. The summed E-state index contributed by atoms with van der Waals surface area (Å²) in [6.07, 6.45) is 4.21. The van der Waals surface area contributed by atoms with Gasteiger partial charge in [-0.25, -0.2) is 0 Å². The van der Waals surface area contributed by atoms with Gasteiger partial charge < -0.3 is 9.63 Å². The number of hydrogen-bond donors (Lipinski definition) is 1. The molecule has 26 heavy (non-hydrogen) atoms. The summed E-state index contributed by atoms with van der Waals surface area (Å²) in [6.45, 7) is 0. The van der Waals surface area contributed by atoms with Crippen molar-refractivity contribution in [2.24, 2.45) is 5.92 Å². The lowest BCUT2D eigenvalue weighted by Gasteiger charge is -2.54. The van der Waals surface area contributed by atoms with E-state index in [0.29, 0.717) is 6.42 Å². The van der Waals surface area contributed by atoms with Crippen LogP contribution in [0, 0.1) is 5.92 Å². The molecule has 5 unspecified atom stereocenters. The second-order valence-electron chi connectivity index (χ2n) is 7.69. The van der Waals surface area contributed by atoms with Gasteiger partial charge in [0.15, 0.2) is 0 Å². The van der Waals surface area contributed by atoms with Crippen LogP contribution in [0.15, 0.2) is 60.7 Å². The maximum absolute atomic E-state index is 14.1. The van der Waals surface area contributed by atoms with Gasteiger partial charge in [-0.3, -0.25) is 4.57 Å². The first kappa shape index (κ1) is 18.0. The van der Waals surface area contributed by atoms with Crippen molar-refractivity contribution in [3.05, 3.63) is 71.8 Å². The van der Waals surface area contributed by atoms with Gasteiger partial charge in [-0.2, -0.15) is 0 Å². The van der Waals surface area contributed by atoms with Gasteiger partial charge in [0, 0.05) is 13.0 Å². The molecule has 0 amide bonds. The summed E-state index contributed by atoms with van der Waals surface area (Å²) in [5, 5.41) is 10.5. The van der Waals surface area contributed by atoms with E-state index in [2.05, 4.69) is 24.3 Å². The number of rotatable bonds is 3. The van der Waals surface area contributed by atoms with E-state index in [1.54, 1.807) is 0 Å². The molecule has 4 heteroatoms. The Morgan fingerprint density at radius 1 is 1.00 bits per heavy atom. The molecular weight excluding hydrogens is 343 g/mol. The SMILES string of the molecule is COP1(=O)C(c2ccccc2)CC(c2ccccc2)C2CCCCC21O. The summed E-state index contributed by atoms with van der Waals surface area (Å²) in [4.78, 5) is 0. The molecule has 5 atom stereocenters. The van der Waals surface area contributed by atoms with Crippen molar-refractivity contribution >= 4 is 7.37 Å². The van der Waals surface area contributed by atoms with Crippen molar-refractivity contribution in [3.63, 3.8) is 0 Å². The van der Waals surface area contributed by atoms with Crippen LogP contribution in [0.25, 0.3) is 0 Å². The number of benzene rings is 2. The van der Waals surface area contributed by atoms with Crippen LogP contribution in [0.4, 0.5) is 0 Å². The molecule has 1 heterocycles. The highest BCUT2D eigenvalue weighted by Gasteiger charge is 2.63. The molecule has 0 spiro atoms. The molecule has 2 fully saturated rings. The summed E-state index contributed by atoms with van der Waals surface area (Å²) in [7, 11) is -1.76. The van der Waals surface area contributed by atoms with Crippen LogP contribution in [-0.4, -0.2) is 17.6 Å². The van der Waals surface area contributed by atoms with Crippen molar-refractivity contribution in [2.75, 3.05) is 7.11 Å².